The summed E-state index contributed by atoms with van der Waals surface area (Å²) in [6.07, 6.45) is -0.944. The van der Waals surface area contributed by atoms with E-state index in [0.29, 0.717) is 28.4 Å². The zero-order valence-corrected chi connectivity index (χ0v) is 15.7. The molecule has 2 aromatic rings. The zero-order valence-electron chi connectivity index (χ0n) is 15.7. The van der Waals surface area contributed by atoms with E-state index < -0.39 is 17.0 Å². The molecule has 1 atom stereocenters. The number of rotatable bonds is 4. The van der Waals surface area contributed by atoms with Gasteiger partial charge in [-0.15, -0.1) is 0 Å². The third-order valence-corrected chi connectivity index (χ3v) is 4.26. The van der Waals surface area contributed by atoms with E-state index in [1.807, 2.05) is 0 Å². The Morgan fingerprint density at radius 2 is 1.96 bits per heavy atom. The van der Waals surface area contributed by atoms with Crippen molar-refractivity contribution in [3.05, 3.63) is 68.8 Å². The van der Waals surface area contributed by atoms with E-state index in [9.17, 15) is 14.9 Å². The van der Waals surface area contributed by atoms with Gasteiger partial charge in [0, 0.05) is 17.3 Å². The van der Waals surface area contributed by atoms with Crippen LogP contribution >= 0.6 is 0 Å². The Kier molecular flexibility index (Phi) is 5.12. The molecule has 2 heterocycles. The molecule has 10 heteroatoms. The maximum Gasteiger partial charge on any atom is 0.513 e. The van der Waals surface area contributed by atoms with E-state index in [-0.39, 0.29) is 17.3 Å². The Labute approximate surface area is 160 Å². The standard InChI is InChI=1S/C18H18N4O6/c1-9-14(17-20-11(3)21-28-17)15(12-7-5-6-8-13(12)22(24)25)16(10(2)19-9)27-18(23)26-4/h5-8,15,19H,1-4H3. The monoisotopic (exact) mass is 386 g/mol. The van der Waals surface area contributed by atoms with Crippen molar-refractivity contribution in [3.8, 4) is 0 Å². The van der Waals surface area contributed by atoms with Crippen molar-refractivity contribution < 1.29 is 23.7 Å². The minimum absolute atomic E-state index is 0.130. The highest BCUT2D eigenvalue weighted by Gasteiger charge is 2.39. The van der Waals surface area contributed by atoms with Crippen LogP contribution in [0.4, 0.5) is 10.5 Å². The number of para-hydroxylation sites is 1. The van der Waals surface area contributed by atoms with Gasteiger partial charge in [-0.05, 0) is 20.8 Å². The molecule has 0 radical (unpaired) electrons. The fourth-order valence-electron chi connectivity index (χ4n) is 3.13. The Hall–Kier alpha value is -3.69. The molecule has 1 aromatic carbocycles. The summed E-state index contributed by atoms with van der Waals surface area (Å²) in [7, 11) is 1.18. The lowest BCUT2D eigenvalue weighted by molar-refractivity contribution is -0.385. The summed E-state index contributed by atoms with van der Waals surface area (Å²) in [4.78, 5) is 27.2. The summed E-state index contributed by atoms with van der Waals surface area (Å²) in [5.41, 5.74) is 1.80. The lowest BCUT2D eigenvalue weighted by Crippen LogP contribution is -2.27. The van der Waals surface area contributed by atoms with Crippen LogP contribution in [-0.2, 0) is 9.47 Å². The van der Waals surface area contributed by atoms with Crippen LogP contribution in [0, 0.1) is 17.0 Å². The molecule has 1 aliphatic rings. The highest BCUT2D eigenvalue weighted by molar-refractivity contribution is 5.77. The number of nitro groups is 1. The van der Waals surface area contributed by atoms with Gasteiger partial charge in [0.1, 0.15) is 5.76 Å². The van der Waals surface area contributed by atoms with Crippen LogP contribution in [0.15, 0.2) is 45.9 Å². The molecule has 10 nitrogen and oxygen atoms in total. The Morgan fingerprint density at radius 1 is 1.25 bits per heavy atom. The summed E-state index contributed by atoms with van der Waals surface area (Å²) in [6, 6.07) is 6.21. The average molecular weight is 386 g/mol. The van der Waals surface area contributed by atoms with Gasteiger partial charge in [-0.3, -0.25) is 10.1 Å². The molecule has 1 unspecified atom stereocenters. The number of aromatic nitrogens is 2. The summed E-state index contributed by atoms with van der Waals surface area (Å²) in [6.45, 7) is 5.13. The molecule has 3 rings (SSSR count). The second kappa shape index (κ2) is 7.51. The number of hydrogen-bond acceptors (Lipinski definition) is 9. The third-order valence-electron chi connectivity index (χ3n) is 4.26. The van der Waals surface area contributed by atoms with E-state index in [4.69, 9.17) is 9.26 Å². The second-order valence-corrected chi connectivity index (χ2v) is 6.10. The molecule has 0 saturated heterocycles. The molecule has 28 heavy (non-hydrogen) atoms. The first kappa shape index (κ1) is 19.1. The minimum atomic E-state index is -0.944. The van der Waals surface area contributed by atoms with Gasteiger partial charge in [0.25, 0.3) is 11.6 Å². The smallest absolute Gasteiger partial charge is 0.437 e. The van der Waals surface area contributed by atoms with Crippen molar-refractivity contribution in [3.63, 3.8) is 0 Å². The highest BCUT2D eigenvalue weighted by Crippen LogP contribution is 2.45. The molecule has 1 N–H and O–H groups in total. The number of nitrogens with one attached hydrogen (secondary N) is 1. The van der Waals surface area contributed by atoms with E-state index in [2.05, 4.69) is 20.2 Å². The van der Waals surface area contributed by atoms with Crippen LogP contribution in [0.25, 0.3) is 5.57 Å². The fraction of sp³-hybridized carbons (Fsp3) is 0.278. The number of nitro benzene ring substituents is 1. The van der Waals surface area contributed by atoms with Crippen molar-refractivity contribution in [2.45, 2.75) is 26.7 Å². The molecular formula is C18H18N4O6. The molecule has 0 amide bonds. The Bertz CT molecular complexity index is 1010. The van der Waals surface area contributed by atoms with Crippen molar-refractivity contribution in [1.82, 2.24) is 15.5 Å². The van der Waals surface area contributed by atoms with Crippen LogP contribution in [0.2, 0.25) is 0 Å². The molecule has 146 valence electrons. The SMILES string of the molecule is COC(=O)OC1=C(C)NC(C)=C(c2nc(C)no2)C1c1ccccc1[N+](=O)[O-]. The normalized spacial score (nSPS) is 16.6. The topological polar surface area (TPSA) is 130 Å². The van der Waals surface area contributed by atoms with Crippen molar-refractivity contribution >= 4 is 17.4 Å². The first-order valence-corrected chi connectivity index (χ1v) is 8.31. The lowest BCUT2D eigenvalue weighted by atomic mass is 9.84. The first-order chi connectivity index (χ1) is 13.3. The van der Waals surface area contributed by atoms with Crippen LogP contribution in [0.3, 0.4) is 0 Å². The molecule has 0 bridgehead atoms. The molecular weight excluding hydrogens is 368 g/mol. The highest BCUT2D eigenvalue weighted by atomic mass is 16.7. The summed E-state index contributed by atoms with van der Waals surface area (Å²) in [5, 5.41) is 18.5. The molecule has 0 spiro atoms. The maximum atomic E-state index is 11.8. The van der Waals surface area contributed by atoms with E-state index >= 15 is 0 Å². The summed E-state index contributed by atoms with van der Waals surface area (Å²) >= 11 is 0. The summed E-state index contributed by atoms with van der Waals surface area (Å²) < 4.78 is 15.3. The van der Waals surface area contributed by atoms with E-state index in [1.165, 1.54) is 13.2 Å². The first-order valence-electron chi connectivity index (χ1n) is 8.31. The number of benzene rings is 1. The molecule has 0 fully saturated rings. The predicted octanol–water partition coefficient (Wildman–Crippen LogP) is 3.42. The number of methoxy groups -OCH3 is 1. The Balaban J connectivity index is 2.26. The second-order valence-electron chi connectivity index (χ2n) is 6.10. The number of allylic oxidation sites excluding steroid dienone is 3. The predicted molar refractivity (Wildman–Crippen MR) is 96.8 cm³/mol. The van der Waals surface area contributed by atoms with Gasteiger partial charge in [0.15, 0.2) is 5.82 Å². The number of nitrogens with zero attached hydrogens (tertiary/aromatic N) is 3. The average Bonchev–Trinajstić information content (AvgIpc) is 3.09. The van der Waals surface area contributed by atoms with Gasteiger partial charge < -0.3 is 19.3 Å². The van der Waals surface area contributed by atoms with E-state index in [1.54, 1.807) is 39.0 Å². The van der Waals surface area contributed by atoms with E-state index in [0.717, 1.165) is 0 Å². The third kappa shape index (κ3) is 3.43. The zero-order chi connectivity index (χ0) is 20.4. The Morgan fingerprint density at radius 3 is 2.57 bits per heavy atom. The molecule has 0 aliphatic carbocycles. The summed E-state index contributed by atoms with van der Waals surface area (Å²) in [5.74, 6) is -0.109. The number of dihydropyridines is 1. The van der Waals surface area contributed by atoms with Gasteiger partial charge in [0.2, 0.25) is 0 Å². The maximum absolute atomic E-state index is 11.8. The van der Waals surface area contributed by atoms with Gasteiger partial charge >= 0.3 is 6.16 Å². The largest absolute Gasteiger partial charge is 0.513 e. The molecule has 0 saturated carbocycles. The van der Waals surface area contributed by atoms with Gasteiger partial charge in [-0.1, -0.05) is 23.4 Å². The molecule has 1 aromatic heterocycles. The number of hydrogen-bond donors (Lipinski definition) is 1. The fourth-order valence-corrected chi connectivity index (χ4v) is 3.13. The lowest BCUT2D eigenvalue weighted by Gasteiger charge is -2.29. The van der Waals surface area contributed by atoms with Crippen LogP contribution < -0.4 is 5.32 Å². The van der Waals surface area contributed by atoms with Gasteiger partial charge in [-0.25, -0.2) is 4.79 Å². The van der Waals surface area contributed by atoms with Gasteiger partial charge in [0.05, 0.1) is 29.2 Å². The molecule has 1 aliphatic heterocycles. The van der Waals surface area contributed by atoms with Gasteiger partial charge in [-0.2, -0.15) is 4.98 Å². The number of aryl methyl sites for hydroxylation is 1. The van der Waals surface area contributed by atoms with Crippen LogP contribution in [0.1, 0.15) is 37.0 Å². The number of carbonyl (C=O) groups is 1. The number of carbonyl (C=O) groups excluding carboxylic acids is 1. The van der Waals surface area contributed by atoms with Crippen molar-refractivity contribution in [2.24, 2.45) is 0 Å². The van der Waals surface area contributed by atoms with Crippen molar-refractivity contribution in [2.75, 3.05) is 7.11 Å². The van der Waals surface area contributed by atoms with Crippen molar-refractivity contribution in [1.29, 1.82) is 0 Å². The minimum Gasteiger partial charge on any atom is -0.437 e. The quantitative estimate of drug-likeness (QED) is 0.477. The van der Waals surface area contributed by atoms with Crippen LogP contribution in [0.5, 0.6) is 0 Å². The number of ether oxygens (including phenoxy) is 2. The van der Waals surface area contributed by atoms with Crippen LogP contribution in [-0.4, -0.2) is 28.3 Å².